The summed E-state index contributed by atoms with van der Waals surface area (Å²) >= 11 is 5.73. The lowest BCUT2D eigenvalue weighted by Gasteiger charge is -2.14. The maximum absolute atomic E-state index is 12.1. The van der Waals surface area contributed by atoms with E-state index < -0.39 is 16.9 Å². The molecule has 2 aromatic rings. The Morgan fingerprint density at radius 2 is 1.95 bits per heavy atom. The Bertz CT molecular complexity index is 691. The number of para-hydroxylation sites is 1. The third kappa shape index (κ3) is 3.95. The number of nitro benzene ring substituents is 1. The van der Waals surface area contributed by atoms with Gasteiger partial charge in [0.15, 0.2) is 6.10 Å². The zero-order valence-electron chi connectivity index (χ0n) is 11.7. The van der Waals surface area contributed by atoms with E-state index in [0.29, 0.717) is 5.75 Å². The lowest BCUT2D eigenvalue weighted by molar-refractivity contribution is -0.383. The molecule has 114 valence electrons. The highest BCUT2D eigenvalue weighted by molar-refractivity contribution is 6.31. The van der Waals surface area contributed by atoms with Gasteiger partial charge in [-0.1, -0.05) is 29.8 Å². The van der Waals surface area contributed by atoms with E-state index in [0.717, 1.165) is 0 Å². The van der Waals surface area contributed by atoms with E-state index in [-0.39, 0.29) is 16.4 Å². The van der Waals surface area contributed by atoms with Gasteiger partial charge in [0, 0.05) is 11.1 Å². The van der Waals surface area contributed by atoms with Gasteiger partial charge in [0.1, 0.15) is 11.4 Å². The van der Waals surface area contributed by atoms with Crippen LogP contribution in [0.4, 0.5) is 11.4 Å². The first-order valence-corrected chi connectivity index (χ1v) is 6.81. The first kappa shape index (κ1) is 15.8. The highest BCUT2D eigenvalue weighted by Crippen LogP contribution is 2.28. The molecule has 0 aliphatic rings. The van der Waals surface area contributed by atoms with Crippen molar-refractivity contribution in [3.05, 3.63) is 63.7 Å². The number of benzene rings is 2. The SMILES string of the molecule is C[C@H](Oc1ccccc1)C(=O)Nc1ccc(Cl)cc1[N+](=O)[O-]. The summed E-state index contributed by atoms with van der Waals surface area (Å²) in [7, 11) is 0. The zero-order valence-corrected chi connectivity index (χ0v) is 12.4. The molecule has 0 unspecified atom stereocenters. The number of nitrogens with zero attached hydrogens (tertiary/aromatic N) is 1. The molecule has 2 rings (SSSR count). The minimum absolute atomic E-state index is 0.0721. The Labute approximate surface area is 131 Å². The smallest absolute Gasteiger partial charge is 0.294 e. The van der Waals surface area contributed by atoms with E-state index in [1.54, 1.807) is 31.2 Å². The molecule has 0 aliphatic heterocycles. The van der Waals surface area contributed by atoms with Gasteiger partial charge in [-0.3, -0.25) is 14.9 Å². The van der Waals surface area contributed by atoms with Crippen molar-refractivity contribution in [2.45, 2.75) is 13.0 Å². The van der Waals surface area contributed by atoms with Gasteiger partial charge in [-0.2, -0.15) is 0 Å². The number of carbonyl (C=O) groups excluding carboxylic acids is 1. The second-order valence-corrected chi connectivity index (χ2v) is 4.92. The standard InChI is InChI=1S/C15H13ClN2O4/c1-10(22-12-5-3-2-4-6-12)15(19)17-13-8-7-11(16)9-14(13)18(20)21/h2-10H,1H3,(H,17,19)/t10-/m0/s1. The predicted octanol–water partition coefficient (Wildman–Crippen LogP) is 3.65. The van der Waals surface area contributed by atoms with Crippen LogP contribution in [0.25, 0.3) is 0 Å². The van der Waals surface area contributed by atoms with Crippen LogP contribution in [0.3, 0.4) is 0 Å². The van der Waals surface area contributed by atoms with Crippen molar-refractivity contribution in [2.24, 2.45) is 0 Å². The third-order valence-corrected chi connectivity index (χ3v) is 3.07. The first-order chi connectivity index (χ1) is 10.5. The van der Waals surface area contributed by atoms with Crippen LogP contribution in [0.15, 0.2) is 48.5 Å². The molecule has 0 aromatic heterocycles. The van der Waals surface area contributed by atoms with Gasteiger partial charge in [-0.25, -0.2) is 0 Å². The average molecular weight is 321 g/mol. The van der Waals surface area contributed by atoms with Crippen LogP contribution < -0.4 is 10.1 Å². The summed E-state index contributed by atoms with van der Waals surface area (Å²) in [4.78, 5) is 22.5. The van der Waals surface area contributed by atoms with E-state index in [1.165, 1.54) is 18.2 Å². The Kier molecular flexibility index (Phi) is 4.95. The topological polar surface area (TPSA) is 81.5 Å². The van der Waals surface area contributed by atoms with Crippen molar-refractivity contribution >= 4 is 28.9 Å². The maximum atomic E-state index is 12.1. The summed E-state index contributed by atoms with van der Waals surface area (Å²) in [6, 6.07) is 12.9. The van der Waals surface area contributed by atoms with Crippen LogP contribution >= 0.6 is 11.6 Å². The van der Waals surface area contributed by atoms with Crippen LogP contribution in [0.2, 0.25) is 5.02 Å². The molecule has 1 N–H and O–H groups in total. The molecule has 0 saturated heterocycles. The number of nitrogens with one attached hydrogen (secondary N) is 1. The van der Waals surface area contributed by atoms with Crippen LogP contribution in [0.1, 0.15) is 6.92 Å². The fourth-order valence-electron chi connectivity index (χ4n) is 1.75. The summed E-state index contributed by atoms with van der Waals surface area (Å²) in [6.45, 7) is 1.56. The zero-order chi connectivity index (χ0) is 16.1. The van der Waals surface area contributed by atoms with Crippen molar-refractivity contribution in [1.82, 2.24) is 0 Å². The van der Waals surface area contributed by atoms with Gasteiger partial charge in [0.05, 0.1) is 4.92 Å². The number of anilines is 1. The summed E-state index contributed by atoms with van der Waals surface area (Å²) in [5.74, 6) is 0.0463. The lowest BCUT2D eigenvalue weighted by Crippen LogP contribution is -2.30. The van der Waals surface area contributed by atoms with Crippen LogP contribution in [-0.2, 0) is 4.79 Å². The Hall–Kier alpha value is -2.60. The lowest BCUT2D eigenvalue weighted by atomic mass is 10.2. The van der Waals surface area contributed by atoms with Crippen LogP contribution in [-0.4, -0.2) is 16.9 Å². The molecule has 1 amide bonds. The van der Waals surface area contributed by atoms with Crippen molar-refractivity contribution in [1.29, 1.82) is 0 Å². The van der Waals surface area contributed by atoms with Gasteiger partial charge < -0.3 is 10.1 Å². The third-order valence-electron chi connectivity index (χ3n) is 2.84. The molecule has 6 nitrogen and oxygen atoms in total. The maximum Gasteiger partial charge on any atom is 0.294 e. The van der Waals surface area contributed by atoms with Crippen LogP contribution in [0, 0.1) is 10.1 Å². The minimum atomic E-state index is -0.808. The Morgan fingerprint density at radius 3 is 2.59 bits per heavy atom. The van der Waals surface area contributed by atoms with Crippen molar-refractivity contribution in [2.75, 3.05) is 5.32 Å². The second kappa shape index (κ2) is 6.91. The van der Waals surface area contributed by atoms with E-state index in [1.807, 2.05) is 6.07 Å². The second-order valence-electron chi connectivity index (χ2n) is 4.48. The molecule has 0 spiro atoms. The molecular formula is C15H13ClN2O4. The average Bonchev–Trinajstić information content (AvgIpc) is 2.49. The van der Waals surface area contributed by atoms with E-state index in [4.69, 9.17) is 16.3 Å². The number of hydrogen-bond acceptors (Lipinski definition) is 4. The van der Waals surface area contributed by atoms with E-state index in [9.17, 15) is 14.9 Å². The molecule has 0 saturated carbocycles. The van der Waals surface area contributed by atoms with Crippen molar-refractivity contribution < 1.29 is 14.5 Å². The molecule has 0 heterocycles. The number of nitro groups is 1. The van der Waals surface area contributed by atoms with Gasteiger partial charge in [-0.15, -0.1) is 0 Å². The summed E-state index contributed by atoms with van der Waals surface area (Å²) in [5.41, 5.74) is -0.198. The molecule has 0 radical (unpaired) electrons. The van der Waals surface area contributed by atoms with Gasteiger partial charge in [-0.05, 0) is 31.2 Å². The first-order valence-electron chi connectivity index (χ1n) is 6.44. The molecule has 0 aliphatic carbocycles. The number of carbonyl (C=O) groups is 1. The number of ether oxygens (including phenoxy) is 1. The molecular weight excluding hydrogens is 308 g/mol. The summed E-state index contributed by atoms with van der Waals surface area (Å²) in [6.07, 6.45) is -0.808. The monoisotopic (exact) mass is 320 g/mol. The van der Waals surface area contributed by atoms with Crippen molar-refractivity contribution in [3.63, 3.8) is 0 Å². The molecule has 0 fully saturated rings. The number of hydrogen-bond donors (Lipinski definition) is 1. The Morgan fingerprint density at radius 1 is 1.27 bits per heavy atom. The minimum Gasteiger partial charge on any atom is -0.481 e. The molecule has 22 heavy (non-hydrogen) atoms. The van der Waals surface area contributed by atoms with E-state index >= 15 is 0 Å². The Balaban J connectivity index is 2.10. The van der Waals surface area contributed by atoms with Crippen LogP contribution in [0.5, 0.6) is 5.75 Å². The number of halogens is 1. The fraction of sp³-hybridized carbons (Fsp3) is 0.133. The fourth-order valence-corrected chi connectivity index (χ4v) is 1.92. The number of rotatable bonds is 5. The molecule has 1 atom stereocenters. The highest BCUT2D eigenvalue weighted by atomic mass is 35.5. The molecule has 0 bridgehead atoms. The van der Waals surface area contributed by atoms with Crippen molar-refractivity contribution in [3.8, 4) is 5.75 Å². The molecule has 7 heteroatoms. The largest absolute Gasteiger partial charge is 0.481 e. The molecule has 2 aromatic carbocycles. The van der Waals surface area contributed by atoms with Gasteiger partial charge in [0.2, 0.25) is 0 Å². The summed E-state index contributed by atoms with van der Waals surface area (Å²) < 4.78 is 5.46. The summed E-state index contributed by atoms with van der Waals surface area (Å²) in [5, 5.41) is 13.7. The quantitative estimate of drug-likeness (QED) is 0.673. The van der Waals surface area contributed by atoms with E-state index in [2.05, 4.69) is 5.32 Å². The van der Waals surface area contributed by atoms with Gasteiger partial charge in [0.25, 0.3) is 11.6 Å². The highest BCUT2D eigenvalue weighted by Gasteiger charge is 2.20. The number of amides is 1. The predicted molar refractivity (Wildman–Crippen MR) is 83.3 cm³/mol. The normalized spacial score (nSPS) is 11.5. The van der Waals surface area contributed by atoms with Gasteiger partial charge >= 0.3 is 0 Å².